The molecular formula is C26H26Cl3N3O2. The van der Waals surface area contributed by atoms with E-state index >= 15 is 0 Å². The molecule has 3 aromatic carbocycles. The van der Waals surface area contributed by atoms with Crippen molar-refractivity contribution in [2.75, 3.05) is 11.9 Å². The number of carbonyl (C=O) groups is 1. The minimum Gasteiger partial charge on any atom is -0.444 e. The molecule has 1 amide bonds. The molecule has 0 aliphatic heterocycles. The van der Waals surface area contributed by atoms with Crippen LogP contribution in [0.3, 0.4) is 0 Å². The Hall–Kier alpha value is -2.60. The summed E-state index contributed by atoms with van der Waals surface area (Å²) in [6.45, 7) is 7.14. The Morgan fingerprint density at radius 1 is 0.912 bits per heavy atom. The van der Waals surface area contributed by atoms with Crippen LogP contribution in [0.1, 0.15) is 26.3 Å². The zero-order chi connectivity index (χ0) is 24.5. The van der Waals surface area contributed by atoms with Gasteiger partial charge in [-0.15, -0.1) is 0 Å². The molecule has 0 radical (unpaired) electrons. The maximum absolute atomic E-state index is 12.1. The number of halogens is 3. The number of nitrogens with one attached hydrogen (secondary N) is 2. The number of rotatable bonds is 6. The number of fused-ring (bicyclic) bond motifs is 3. The fourth-order valence-corrected chi connectivity index (χ4v) is 4.35. The van der Waals surface area contributed by atoms with E-state index in [-0.39, 0.29) is 0 Å². The van der Waals surface area contributed by atoms with Gasteiger partial charge in [0.15, 0.2) is 0 Å². The molecule has 8 heteroatoms. The van der Waals surface area contributed by atoms with Crippen molar-refractivity contribution in [3.05, 3.63) is 75.2 Å². The van der Waals surface area contributed by atoms with Crippen LogP contribution < -0.4 is 10.6 Å². The summed E-state index contributed by atoms with van der Waals surface area (Å²) in [5.74, 6) is 0. The molecule has 4 rings (SSSR count). The second-order valence-corrected chi connectivity index (χ2v) is 10.3. The normalized spacial score (nSPS) is 11.7. The van der Waals surface area contributed by atoms with Crippen molar-refractivity contribution in [3.63, 3.8) is 0 Å². The van der Waals surface area contributed by atoms with Gasteiger partial charge in [-0.3, -0.25) is 0 Å². The average Bonchev–Trinajstić information content (AvgIpc) is 3.05. The van der Waals surface area contributed by atoms with Gasteiger partial charge in [-0.1, -0.05) is 46.9 Å². The predicted molar refractivity (Wildman–Crippen MR) is 142 cm³/mol. The van der Waals surface area contributed by atoms with Gasteiger partial charge in [0, 0.05) is 46.6 Å². The number of anilines is 1. The smallest absolute Gasteiger partial charge is 0.407 e. The molecule has 0 spiro atoms. The van der Waals surface area contributed by atoms with Gasteiger partial charge in [-0.25, -0.2) is 4.79 Å². The number of hydrogen-bond donors (Lipinski definition) is 2. The Morgan fingerprint density at radius 3 is 2.44 bits per heavy atom. The van der Waals surface area contributed by atoms with Crippen molar-refractivity contribution in [1.29, 1.82) is 0 Å². The van der Waals surface area contributed by atoms with Crippen molar-refractivity contribution in [3.8, 4) is 0 Å². The zero-order valence-electron chi connectivity index (χ0n) is 19.2. The van der Waals surface area contributed by atoms with Gasteiger partial charge in [0.05, 0.1) is 15.6 Å². The lowest BCUT2D eigenvalue weighted by Crippen LogP contribution is -2.34. The van der Waals surface area contributed by atoms with Crippen LogP contribution in [0, 0.1) is 0 Å². The van der Waals surface area contributed by atoms with Crippen LogP contribution in [-0.4, -0.2) is 22.8 Å². The highest BCUT2D eigenvalue weighted by atomic mass is 35.5. The predicted octanol–water partition coefficient (Wildman–Crippen LogP) is 7.89. The van der Waals surface area contributed by atoms with E-state index in [1.54, 1.807) is 6.07 Å². The zero-order valence-corrected chi connectivity index (χ0v) is 21.5. The summed E-state index contributed by atoms with van der Waals surface area (Å²) in [6.07, 6.45) is -0.430. The Kier molecular flexibility index (Phi) is 7.17. The fourth-order valence-electron chi connectivity index (χ4n) is 3.86. The molecular weight excluding hydrogens is 493 g/mol. The van der Waals surface area contributed by atoms with E-state index in [9.17, 15) is 4.79 Å². The Labute approximate surface area is 213 Å². The highest BCUT2D eigenvalue weighted by Gasteiger charge is 2.16. The van der Waals surface area contributed by atoms with Crippen LogP contribution >= 0.6 is 34.8 Å². The van der Waals surface area contributed by atoms with E-state index in [1.165, 1.54) is 0 Å². The van der Waals surface area contributed by atoms with E-state index in [0.29, 0.717) is 34.7 Å². The first-order valence-electron chi connectivity index (χ1n) is 11.0. The highest BCUT2D eigenvalue weighted by molar-refractivity contribution is 6.42. The molecule has 178 valence electrons. The summed E-state index contributed by atoms with van der Waals surface area (Å²) < 4.78 is 7.54. The number of alkyl carbamates (subject to hydrolysis) is 1. The van der Waals surface area contributed by atoms with E-state index in [2.05, 4.69) is 27.3 Å². The minimum absolute atomic E-state index is 0.428. The van der Waals surface area contributed by atoms with Crippen LogP contribution in [-0.2, 0) is 17.8 Å². The monoisotopic (exact) mass is 517 g/mol. The molecule has 0 fully saturated rings. The topological polar surface area (TPSA) is 55.3 Å². The van der Waals surface area contributed by atoms with Crippen LogP contribution in [0.5, 0.6) is 0 Å². The number of aromatic nitrogens is 1. The maximum atomic E-state index is 12.1. The average molecular weight is 519 g/mol. The van der Waals surface area contributed by atoms with E-state index in [0.717, 1.165) is 33.1 Å². The molecule has 5 nitrogen and oxygen atoms in total. The number of carbonyl (C=O) groups excluding carboxylic acids is 1. The molecule has 2 N–H and O–H groups in total. The molecule has 0 aliphatic rings. The van der Waals surface area contributed by atoms with Crippen molar-refractivity contribution < 1.29 is 9.53 Å². The van der Waals surface area contributed by atoms with Gasteiger partial charge in [-0.2, -0.15) is 0 Å². The molecule has 0 aliphatic carbocycles. The van der Waals surface area contributed by atoms with E-state index in [4.69, 9.17) is 39.5 Å². The van der Waals surface area contributed by atoms with Crippen LogP contribution in [0.25, 0.3) is 21.8 Å². The SMILES string of the molecule is CC(C)(C)OC(=O)NCCn1c2ccc(Cl)cc2c2ccc(NCc3ccc(Cl)c(Cl)c3)cc21. The first kappa shape index (κ1) is 24.5. The molecule has 0 atom stereocenters. The van der Waals surface area contributed by atoms with Gasteiger partial charge in [-0.05, 0) is 68.8 Å². The largest absolute Gasteiger partial charge is 0.444 e. The van der Waals surface area contributed by atoms with Crippen molar-refractivity contribution in [1.82, 2.24) is 9.88 Å². The standard InChI is InChI=1S/C26H26Cl3N3O2/c1-26(2,3)34-25(33)30-10-11-32-23-9-5-17(27)13-20(23)19-7-6-18(14-24(19)32)31-15-16-4-8-21(28)22(29)12-16/h4-9,12-14,31H,10-11,15H2,1-3H3,(H,30,33). The summed E-state index contributed by atoms with van der Waals surface area (Å²) in [4.78, 5) is 12.1. The molecule has 0 unspecified atom stereocenters. The molecule has 1 aromatic heterocycles. The summed E-state index contributed by atoms with van der Waals surface area (Å²) in [7, 11) is 0. The lowest BCUT2D eigenvalue weighted by atomic mass is 10.1. The maximum Gasteiger partial charge on any atom is 0.407 e. The van der Waals surface area contributed by atoms with Gasteiger partial charge >= 0.3 is 6.09 Å². The highest BCUT2D eigenvalue weighted by Crippen LogP contribution is 2.33. The van der Waals surface area contributed by atoms with Crippen LogP contribution in [0.4, 0.5) is 10.5 Å². The third kappa shape index (κ3) is 5.72. The molecule has 0 bridgehead atoms. The van der Waals surface area contributed by atoms with Gasteiger partial charge in [0.2, 0.25) is 0 Å². The third-order valence-corrected chi connectivity index (χ3v) is 6.29. The Morgan fingerprint density at radius 2 is 1.71 bits per heavy atom. The Balaban J connectivity index is 1.59. The van der Waals surface area contributed by atoms with Crippen LogP contribution in [0.2, 0.25) is 15.1 Å². The number of nitrogens with zero attached hydrogens (tertiary/aromatic N) is 1. The lowest BCUT2D eigenvalue weighted by Gasteiger charge is -2.20. The lowest BCUT2D eigenvalue weighted by molar-refractivity contribution is 0.0526. The number of ether oxygens (including phenoxy) is 1. The summed E-state index contributed by atoms with van der Waals surface area (Å²) in [5, 5.41) is 10.2. The first-order valence-corrected chi connectivity index (χ1v) is 12.1. The second kappa shape index (κ2) is 9.95. The molecule has 0 saturated carbocycles. The van der Waals surface area contributed by atoms with Crippen LogP contribution in [0.15, 0.2) is 54.6 Å². The molecule has 4 aromatic rings. The third-order valence-electron chi connectivity index (χ3n) is 5.31. The number of amides is 1. The van der Waals surface area contributed by atoms with Crippen molar-refractivity contribution in [2.24, 2.45) is 0 Å². The van der Waals surface area contributed by atoms with E-state index < -0.39 is 11.7 Å². The van der Waals surface area contributed by atoms with Crippen molar-refractivity contribution >= 4 is 68.4 Å². The summed E-state index contributed by atoms with van der Waals surface area (Å²) >= 11 is 18.5. The van der Waals surface area contributed by atoms with Crippen molar-refractivity contribution in [2.45, 2.75) is 39.5 Å². The number of benzene rings is 3. The summed E-state index contributed by atoms with van der Waals surface area (Å²) in [5.41, 5.74) is 3.55. The molecule has 34 heavy (non-hydrogen) atoms. The quantitative estimate of drug-likeness (QED) is 0.273. The molecule has 0 saturated heterocycles. The van der Waals surface area contributed by atoms with Gasteiger partial charge in [0.25, 0.3) is 0 Å². The first-order chi connectivity index (χ1) is 16.1. The van der Waals surface area contributed by atoms with Gasteiger partial charge in [0.1, 0.15) is 5.60 Å². The fraction of sp³-hybridized carbons (Fsp3) is 0.269. The van der Waals surface area contributed by atoms with Gasteiger partial charge < -0.3 is 19.9 Å². The second-order valence-electron chi connectivity index (χ2n) is 9.08. The Bertz CT molecular complexity index is 1360. The van der Waals surface area contributed by atoms with E-state index in [1.807, 2.05) is 57.2 Å². The minimum atomic E-state index is -0.539. The molecule has 1 heterocycles. The number of hydrogen-bond acceptors (Lipinski definition) is 3. The summed E-state index contributed by atoms with van der Waals surface area (Å²) in [6, 6.07) is 17.7.